The number of hydrogen-bond acceptors (Lipinski definition) is 4. The first-order valence-corrected chi connectivity index (χ1v) is 5.33. The third kappa shape index (κ3) is 2.98. The van der Waals surface area contributed by atoms with Crippen LogP contribution in [-0.4, -0.2) is 22.1 Å². The lowest BCUT2D eigenvalue weighted by Crippen LogP contribution is -2.17. The minimum absolute atomic E-state index is 0.0841. The van der Waals surface area contributed by atoms with Crippen molar-refractivity contribution in [3.8, 4) is 0 Å². The van der Waals surface area contributed by atoms with E-state index < -0.39 is 5.97 Å². The minimum Gasteiger partial charge on any atom is -0.461 e. The van der Waals surface area contributed by atoms with Crippen LogP contribution in [0.4, 0.5) is 5.82 Å². The summed E-state index contributed by atoms with van der Waals surface area (Å²) >= 11 is 0. The van der Waals surface area contributed by atoms with Gasteiger partial charge in [0.05, 0.1) is 12.9 Å². The lowest BCUT2D eigenvalue weighted by atomic mass is 9.97. The van der Waals surface area contributed by atoms with Crippen molar-refractivity contribution in [2.75, 3.05) is 12.3 Å². The van der Waals surface area contributed by atoms with Crippen molar-refractivity contribution in [3.63, 3.8) is 0 Å². The second-order valence-corrected chi connectivity index (χ2v) is 4.89. The van der Waals surface area contributed by atoms with Crippen LogP contribution in [0.1, 0.15) is 38.2 Å². The molecule has 0 saturated heterocycles. The molecule has 0 aliphatic rings. The molecule has 16 heavy (non-hydrogen) atoms. The molecule has 5 nitrogen and oxygen atoms in total. The predicted molar refractivity (Wildman–Crippen MR) is 62.1 cm³/mol. The Bertz CT molecular complexity index is 377. The zero-order valence-corrected chi connectivity index (χ0v) is 10.3. The minimum atomic E-state index is -0.465. The van der Waals surface area contributed by atoms with Crippen LogP contribution < -0.4 is 5.73 Å². The van der Waals surface area contributed by atoms with E-state index in [0.717, 1.165) is 0 Å². The molecule has 0 atom stereocenters. The van der Waals surface area contributed by atoms with Gasteiger partial charge < -0.3 is 15.0 Å². The Kier molecular flexibility index (Phi) is 3.57. The highest BCUT2D eigenvalue weighted by atomic mass is 16.5. The maximum Gasteiger partial charge on any atom is 0.360 e. The van der Waals surface area contributed by atoms with Crippen molar-refractivity contribution < 1.29 is 9.53 Å². The molecule has 1 aromatic rings. The zero-order valence-electron chi connectivity index (χ0n) is 10.3. The fourth-order valence-corrected chi connectivity index (χ4v) is 1.39. The third-order valence-electron chi connectivity index (χ3n) is 1.99. The molecule has 0 radical (unpaired) electrons. The van der Waals surface area contributed by atoms with E-state index in [-0.39, 0.29) is 11.1 Å². The van der Waals surface area contributed by atoms with E-state index in [4.69, 9.17) is 10.5 Å². The van der Waals surface area contributed by atoms with Gasteiger partial charge in [0, 0.05) is 6.54 Å². The smallest absolute Gasteiger partial charge is 0.360 e. The monoisotopic (exact) mass is 225 g/mol. The molecule has 0 bridgehead atoms. The van der Waals surface area contributed by atoms with Gasteiger partial charge in [-0.15, -0.1) is 0 Å². The number of anilines is 1. The topological polar surface area (TPSA) is 70.1 Å². The molecule has 0 spiro atoms. The number of nitrogens with two attached hydrogens (primary N) is 1. The number of nitrogen functional groups attached to an aromatic ring is 1. The van der Waals surface area contributed by atoms with Crippen molar-refractivity contribution in [2.45, 2.75) is 34.2 Å². The van der Waals surface area contributed by atoms with Crippen molar-refractivity contribution in [1.82, 2.24) is 9.55 Å². The zero-order chi connectivity index (χ0) is 12.3. The molecule has 0 amide bonds. The normalized spacial score (nSPS) is 11.5. The van der Waals surface area contributed by atoms with Gasteiger partial charge in [-0.2, -0.15) is 0 Å². The summed E-state index contributed by atoms with van der Waals surface area (Å²) in [5, 5.41) is 0. The molecule has 0 unspecified atom stereocenters. The first-order valence-electron chi connectivity index (χ1n) is 5.33. The number of carbonyl (C=O) groups excluding carboxylic acids is 1. The van der Waals surface area contributed by atoms with Crippen molar-refractivity contribution in [1.29, 1.82) is 0 Å². The maximum absolute atomic E-state index is 11.5. The number of nitrogens with zero attached hydrogens (tertiary/aromatic N) is 2. The lowest BCUT2D eigenvalue weighted by Gasteiger charge is -2.19. The largest absolute Gasteiger partial charge is 0.461 e. The summed E-state index contributed by atoms with van der Waals surface area (Å²) < 4.78 is 6.63. The molecule has 0 aromatic carbocycles. The van der Waals surface area contributed by atoms with Crippen LogP contribution in [0.25, 0.3) is 0 Å². The molecule has 90 valence electrons. The molecule has 1 aromatic heterocycles. The summed E-state index contributed by atoms with van der Waals surface area (Å²) in [7, 11) is 0. The van der Waals surface area contributed by atoms with Gasteiger partial charge in [0.1, 0.15) is 5.82 Å². The highest BCUT2D eigenvalue weighted by Gasteiger charge is 2.19. The van der Waals surface area contributed by atoms with E-state index in [0.29, 0.717) is 19.0 Å². The molecule has 0 saturated carbocycles. The molecule has 0 aliphatic carbocycles. The van der Waals surface area contributed by atoms with E-state index in [9.17, 15) is 4.79 Å². The second kappa shape index (κ2) is 4.55. The van der Waals surface area contributed by atoms with Crippen LogP contribution in [0.2, 0.25) is 0 Å². The van der Waals surface area contributed by atoms with Crippen LogP contribution in [0.5, 0.6) is 0 Å². The van der Waals surface area contributed by atoms with Crippen LogP contribution in [-0.2, 0) is 11.3 Å². The average molecular weight is 225 g/mol. The van der Waals surface area contributed by atoms with Gasteiger partial charge >= 0.3 is 5.97 Å². The van der Waals surface area contributed by atoms with Crippen molar-refractivity contribution in [3.05, 3.63) is 12.0 Å². The van der Waals surface area contributed by atoms with E-state index in [1.54, 1.807) is 17.8 Å². The Labute approximate surface area is 95.6 Å². The molecule has 0 fully saturated rings. The summed E-state index contributed by atoms with van der Waals surface area (Å²) in [6, 6.07) is 0. The third-order valence-corrected chi connectivity index (χ3v) is 1.99. The van der Waals surface area contributed by atoms with Gasteiger partial charge in [-0.25, -0.2) is 9.78 Å². The summed E-state index contributed by atoms with van der Waals surface area (Å²) in [6.45, 7) is 9.07. The number of aromatic nitrogens is 2. The fraction of sp³-hybridized carbons (Fsp3) is 0.636. The van der Waals surface area contributed by atoms with Crippen LogP contribution >= 0.6 is 0 Å². The number of rotatable bonds is 3. The Hall–Kier alpha value is -1.52. The van der Waals surface area contributed by atoms with Gasteiger partial charge in [-0.1, -0.05) is 20.8 Å². The van der Waals surface area contributed by atoms with E-state index in [2.05, 4.69) is 25.8 Å². The van der Waals surface area contributed by atoms with Crippen LogP contribution in [0.3, 0.4) is 0 Å². The van der Waals surface area contributed by atoms with Crippen LogP contribution in [0.15, 0.2) is 6.33 Å². The molecular formula is C11H19N3O2. The quantitative estimate of drug-likeness (QED) is 0.795. The van der Waals surface area contributed by atoms with Gasteiger partial charge in [-0.05, 0) is 12.3 Å². The summed E-state index contributed by atoms with van der Waals surface area (Å²) in [4.78, 5) is 15.4. The maximum atomic E-state index is 11.5. The number of carbonyl (C=O) groups is 1. The molecule has 5 heteroatoms. The Morgan fingerprint density at radius 1 is 1.56 bits per heavy atom. The highest BCUT2D eigenvalue weighted by molar-refractivity contribution is 5.92. The molecule has 0 aliphatic heterocycles. The van der Waals surface area contributed by atoms with Crippen molar-refractivity contribution in [2.24, 2.45) is 5.41 Å². The Morgan fingerprint density at radius 3 is 2.69 bits per heavy atom. The predicted octanol–water partition coefficient (Wildman–Crippen LogP) is 1.69. The van der Waals surface area contributed by atoms with E-state index >= 15 is 0 Å². The first-order chi connectivity index (χ1) is 7.35. The van der Waals surface area contributed by atoms with E-state index in [1.165, 1.54) is 0 Å². The van der Waals surface area contributed by atoms with Crippen molar-refractivity contribution >= 4 is 11.8 Å². The summed E-state index contributed by atoms with van der Waals surface area (Å²) in [5.41, 5.74) is 6.13. The number of imidazole rings is 1. The van der Waals surface area contributed by atoms with Crippen LogP contribution in [0, 0.1) is 5.41 Å². The molecule has 1 heterocycles. The number of esters is 1. The van der Waals surface area contributed by atoms with Gasteiger partial charge in [-0.3, -0.25) is 0 Å². The van der Waals surface area contributed by atoms with E-state index in [1.807, 2.05) is 0 Å². The standard InChI is InChI=1S/C11H19N3O2/c1-5-16-10(15)8-9(12)14(7-13-8)6-11(2,3)4/h7H,5-6,12H2,1-4H3. The highest BCUT2D eigenvalue weighted by Crippen LogP contribution is 2.20. The average Bonchev–Trinajstić information content (AvgIpc) is 2.46. The molecule has 2 N–H and O–H groups in total. The number of hydrogen-bond donors (Lipinski definition) is 1. The van der Waals surface area contributed by atoms with Gasteiger partial charge in [0.15, 0.2) is 5.69 Å². The Balaban J connectivity index is 2.88. The first kappa shape index (κ1) is 12.5. The molecular weight excluding hydrogens is 206 g/mol. The van der Waals surface area contributed by atoms with Gasteiger partial charge in [0.25, 0.3) is 0 Å². The SMILES string of the molecule is CCOC(=O)c1ncn(CC(C)(C)C)c1N. The van der Waals surface area contributed by atoms with Gasteiger partial charge in [0.2, 0.25) is 0 Å². The molecule has 1 rings (SSSR count). The summed E-state index contributed by atoms with van der Waals surface area (Å²) in [6.07, 6.45) is 1.58. The second-order valence-electron chi connectivity index (χ2n) is 4.89. The Morgan fingerprint density at radius 2 is 2.19 bits per heavy atom. The lowest BCUT2D eigenvalue weighted by molar-refractivity contribution is 0.0521. The summed E-state index contributed by atoms with van der Waals surface area (Å²) in [5.74, 6) is -0.0963. The number of ether oxygens (including phenoxy) is 1. The fourth-order valence-electron chi connectivity index (χ4n) is 1.39.